The Morgan fingerprint density at radius 1 is 0.970 bits per heavy atom. The molecule has 0 spiro atoms. The van der Waals surface area contributed by atoms with Crippen LogP contribution in [0.4, 0.5) is 0 Å². The molecule has 1 aliphatic heterocycles. The lowest BCUT2D eigenvalue weighted by atomic mass is 9.95. The minimum Gasteiger partial charge on any atom is -0.351 e. The second-order valence-corrected chi connectivity index (χ2v) is 10.6. The topological polar surface area (TPSA) is 66.5 Å². The molecule has 0 radical (unpaired) electrons. The summed E-state index contributed by atoms with van der Waals surface area (Å²) in [5.41, 5.74) is 5.71. The highest BCUT2D eigenvalue weighted by Crippen LogP contribution is 2.31. The summed E-state index contributed by atoms with van der Waals surface area (Å²) in [6.45, 7) is 6.30. The van der Waals surface area contributed by atoms with Gasteiger partial charge in [0, 0.05) is 13.1 Å². The smallest absolute Gasteiger partial charge is 0.244 e. The summed E-state index contributed by atoms with van der Waals surface area (Å²) in [4.78, 5) is 13.6. The number of hydrogen-bond donors (Lipinski definition) is 1. The van der Waals surface area contributed by atoms with Crippen molar-refractivity contribution in [2.45, 2.75) is 57.6 Å². The molecule has 3 aromatic carbocycles. The second kappa shape index (κ2) is 9.49. The second-order valence-electron chi connectivity index (χ2n) is 8.70. The lowest BCUT2D eigenvalue weighted by Gasteiger charge is -2.35. The van der Waals surface area contributed by atoms with E-state index in [0.717, 1.165) is 28.7 Å². The summed E-state index contributed by atoms with van der Waals surface area (Å²) < 4.78 is 28.9. The Morgan fingerprint density at radius 2 is 1.64 bits per heavy atom. The van der Waals surface area contributed by atoms with Gasteiger partial charge in [0.15, 0.2) is 0 Å². The maximum absolute atomic E-state index is 13.8. The highest BCUT2D eigenvalue weighted by molar-refractivity contribution is 7.89. The van der Waals surface area contributed by atoms with Crippen molar-refractivity contribution in [3.05, 3.63) is 100 Å². The third-order valence-electron chi connectivity index (χ3n) is 6.34. The van der Waals surface area contributed by atoms with Crippen LogP contribution in [-0.4, -0.2) is 24.7 Å². The maximum Gasteiger partial charge on any atom is 0.244 e. The number of nitrogens with one attached hydrogen (secondary N) is 1. The van der Waals surface area contributed by atoms with Crippen LogP contribution in [0.3, 0.4) is 0 Å². The number of carbonyl (C=O) groups is 1. The molecule has 1 amide bonds. The lowest BCUT2D eigenvalue weighted by molar-refractivity contribution is -0.125. The van der Waals surface area contributed by atoms with Gasteiger partial charge in [0.1, 0.15) is 6.04 Å². The van der Waals surface area contributed by atoms with Crippen LogP contribution in [0.5, 0.6) is 0 Å². The predicted octanol–water partition coefficient (Wildman–Crippen LogP) is 4.30. The molecule has 3 aromatic rings. The van der Waals surface area contributed by atoms with Gasteiger partial charge in [-0.1, -0.05) is 67.6 Å². The minimum absolute atomic E-state index is 0.176. The van der Waals surface area contributed by atoms with Crippen molar-refractivity contribution in [3.8, 4) is 0 Å². The molecule has 33 heavy (non-hydrogen) atoms. The molecule has 0 aliphatic carbocycles. The zero-order valence-electron chi connectivity index (χ0n) is 19.3. The molecular formula is C27H30N2O3S. The van der Waals surface area contributed by atoms with E-state index in [9.17, 15) is 13.2 Å². The molecule has 0 fully saturated rings. The van der Waals surface area contributed by atoms with E-state index < -0.39 is 16.1 Å². The van der Waals surface area contributed by atoms with Gasteiger partial charge in [-0.3, -0.25) is 4.79 Å². The van der Waals surface area contributed by atoms with E-state index in [1.54, 1.807) is 13.0 Å². The van der Waals surface area contributed by atoms with E-state index in [0.29, 0.717) is 18.5 Å². The fraction of sp³-hybridized carbons (Fsp3) is 0.296. The molecule has 1 aliphatic rings. The first-order chi connectivity index (χ1) is 15.8. The number of aryl methyl sites for hydroxylation is 3. The normalized spacial score (nSPS) is 16.3. The van der Waals surface area contributed by atoms with Crippen molar-refractivity contribution in [2.75, 3.05) is 0 Å². The first-order valence-electron chi connectivity index (χ1n) is 11.3. The molecule has 1 heterocycles. The van der Waals surface area contributed by atoms with E-state index in [-0.39, 0.29) is 17.3 Å². The van der Waals surface area contributed by atoms with Gasteiger partial charge in [-0.25, -0.2) is 8.42 Å². The number of fused-ring (bicyclic) bond motifs is 1. The Bertz CT molecular complexity index is 1270. The first-order valence-corrected chi connectivity index (χ1v) is 12.7. The molecule has 4 rings (SSSR count). The van der Waals surface area contributed by atoms with E-state index in [4.69, 9.17) is 0 Å². The molecule has 0 saturated carbocycles. The summed E-state index contributed by atoms with van der Waals surface area (Å²) in [6.07, 6.45) is 1.31. The number of benzene rings is 3. The molecule has 0 unspecified atom stereocenters. The number of hydrogen-bond acceptors (Lipinski definition) is 3. The van der Waals surface area contributed by atoms with Crippen LogP contribution in [0.2, 0.25) is 0 Å². The molecule has 0 bridgehead atoms. The SMILES string of the molecule is CCc1ccc(CNC(=O)[C@@H]2Cc3ccccc3CN2S(=O)(=O)c2cc(C)ccc2C)cc1. The van der Waals surface area contributed by atoms with Crippen LogP contribution < -0.4 is 5.32 Å². The summed E-state index contributed by atoms with van der Waals surface area (Å²) in [5.74, 6) is -0.280. The van der Waals surface area contributed by atoms with Crippen molar-refractivity contribution in [1.29, 1.82) is 0 Å². The van der Waals surface area contributed by atoms with Crippen LogP contribution in [-0.2, 0) is 40.7 Å². The van der Waals surface area contributed by atoms with Crippen molar-refractivity contribution < 1.29 is 13.2 Å². The Kier molecular flexibility index (Phi) is 6.68. The lowest BCUT2D eigenvalue weighted by Crippen LogP contribution is -2.52. The summed E-state index contributed by atoms with van der Waals surface area (Å²) >= 11 is 0. The van der Waals surface area contributed by atoms with Crippen LogP contribution in [0, 0.1) is 13.8 Å². The largest absolute Gasteiger partial charge is 0.351 e. The van der Waals surface area contributed by atoms with Crippen molar-refractivity contribution in [1.82, 2.24) is 9.62 Å². The Balaban J connectivity index is 1.64. The zero-order chi connectivity index (χ0) is 23.6. The third-order valence-corrected chi connectivity index (χ3v) is 8.33. The van der Waals surface area contributed by atoms with Crippen LogP contribution >= 0.6 is 0 Å². The van der Waals surface area contributed by atoms with Gasteiger partial charge >= 0.3 is 0 Å². The van der Waals surface area contributed by atoms with Gasteiger partial charge in [0.25, 0.3) is 0 Å². The molecule has 0 saturated heterocycles. The summed E-state index contributed by atoms with van der Waals surface area (Å²) in [7, 11) is -3.87. The highest BCUT2D eigenvalue weighted by atomic mass is 32.2. The predicted molar refractivity (Wildman–Crippen MR) is 130 cm³/mol. The number of nitrogens with zero attached hydrogens (tertiary/aromatic N) is 1. The van der Waals surface area contributed by atoms with Crippen LogP contribution in [0.1, 0.15) is 40.3 Å². The Labute approximate surface area is 196 Å². The van der Waals surface area contributed by atoms with Crippen molar-refractivity contribution in [3.63, 3.8) is 0 Å². The fourth-order valence-corrected chi connectivity index (χ4v) is 6.16. The molecular weight excluding hydrogens is 432 g/mol. The highest BCUT2D eigenvalue weighted by Gasteiger charge is 2.40. The van der Waals surface area contributed by atoms with Gasteiger partial charge in [-0.05, 0) is 66.1 Å². The van der Waals surface area contributed by atoms with Gasteiger partial charge < -0.3 is 5.32 Å². The van der Waals surface area contributed by atoms with Gasteiger partial charge in [-0.2, -0.15) is 4.31 Å². The van der Waals surface area contributed by atoms with Crippen molar-refractivity contribution >= 4 is 15.9 Å². The van der Waals surface area contributed by atoms with E-state index in [2.05, 4.69) is 24.4 Å². The summed E-state index contributed by atoms with van der Waals surface area (Å²) in [6, 6.07) is 20.4. The molecule has 1 atom stereocenters. The van der Waals surface area contributed by atoms with Gasteiger partial charge in [-0.15, -0.1) is 0 Å². The van der Waals surface area contributed by atoms with Gasteiger partial charge in [0.2, 0.25) is 15.9 Å². The average Bonchev–Trinajstić information content (AvgIpc) is 2.83. The van der Waals surface area contributed by atoms with Crippen LogP contribution in [0.25, 0.3) is 0 Å². The molecule has 0 aromatic heterocycles. The Hall–Kier alpha value is -2.96. The number of sulfonamides is 1. The van der Waals surface area contributed by atoms with Crippen LogP contribution in [0.15, 0.2) is 71.6 Å². The molecule has 172 valence electrons. The number of rotatable bonds is 6. The maximum atomic E-state index is 13.8. The van der Waals surface area contributed by atoms with E-state index in [1.807, 2.05) is 55.5 Å². The molecule has 6 heteroatoms. The number of amides is 1. The molecule has 5 nitrogen and oxygen atoms in total. The first kappa shape index (κ1) is 23.2. The fourth-order valence-electron chi connectivity index (χ4n) is 4.29. The number of carbonyl (C=O) groups excluding carboxylic acids is 1. The quantitative estimate of drug-likeness (QED) is 0.594. The average molecular weight is 463 g/mol. The molecule has 1 N–H and O–H groups in total. The standard InChI is InChI=1S/C27H30N2O3S/c1-4-21-11-13-22(14-12-21)17-28-27(30)25-16-23-7-5-6-8-24(23)18-29(25)33(31,32)26-15-19(2)9-10-20(26)3/h5-15,25H,4,16-18H2,1-3H3,(H,28,30)/t25-/m0/s1. The van der Waals surface area contributed by atoms with Gasteiger partial charge in [0.05, 0.1) is 4.90 Å². The Morgan fingerprint density at radius 3 is 2.33 bits per heavy atom. The van der Waals surface area contributed by atoms with E-state index in [1.165, 1.54) is 9.87 Å². The van der Waals surface area contributed by atoms with Crippen molar-refractivity contribution in [2.24, 2.45) is 0 Å². The minimum atomic E-state index is -3.87. The van der Waals surface area contributed by atoms with E-state index >= 15 is 0 Å². The monoisotopic (exact) mass is 462 g/mol. The zero-order valence-corrected chi connectivity index (χ0v) is 20.2. The summed E-state index contributed by atoms with van der Waals surface area (Å²) in [5, 5.41) is 2.97. The third kappa shape index (κ3) is 4.87.